The predicted molar refractivity (Wildman–Crippen MR) is 81.8 cm³/mol. The highest BCUT2D eigenvalue weighted by molar-refractivity contribution is 7.99. The quantitative estimate of drug-likeness (QED) is 0.638. The smallest absolute Gasteiger partial charge is 0.239 e. The average molecular weight is 296 g/mol. The Morgan fingerprint density at radius 3 is 2.75 bits per heavy atom. The number of nitrogens with one attached hydrogen (secondary N) is 1. The molecular formula is C14H24N4OS. The third kappa shape index (κ3) is 3.55. The van der Waals surface area contributed by atoms with Gasteiger partial charge in [0.2, 0.25) is 5.91 Å². The van der Waals surface area contributed by atoms with E-state index in [-0.39, 0.29) is 5.91 Å². The maximum absolute atomic E-state index is 12.3. The van der Waals surface area contributed by atoms with E-state index in [2.05, 4.69) is 15.2 Å². The Morgan fingerprint density at radius 2 is 2.15 bits per heavy atom. The monoisotopic (exact) mass is 296 g/mol. The Hall–Kier alpha value is -1.01. The summed E-state index contributed by atoms with van der Waals surface area (Å²) >= 11 is 1.66. The fourth-order valence-electron chi connectivity index (χ4n) is 2.43. The van der Waals surface area contributed by atoms with Crippen molar-refractivity contribution in [3.8, 4) is 0 Å². The van der Waals surface area contributed by atoms with Crippen LogP contribution in [0.5, 0.6) is 0 Å². The van der Waals surface area contributed by atoms with Crippen molar-refractivity contribution in [3.05, 3.63) is 12.4 Å². The van der Waals surface area contributed by atoms with Gasteiger partial charge in [-0.05, 0) is 39.8 Å². The number of carbonyl (C=O) groups is 1. The fourth-order valence-corrected chi connectivity index (χ4v) is 3.22. The van der Waals surface area contributed by atoms with E-state index < -0.39 is 5.54 Å². The van der Waals surface area contributed by atoms with Crippen LogP contribution in [0.2, 0.25) is 0 Å². The summed E-state index contributed by atoms with van der Waals surface area (Å²) in [6, 6.07) is 0. The van der Waals surface area contributed by atoms with Crippen LogP contribution in [0.1, 0.15) is 26.7 Å². The van der Waals surface area contributed by atoms with E-state index in [9.17, 15) is 4.79 Å². The van der Waals surface area contributed by atoms with Gasteiger partial charge in [-0.3, -0.25) is 9.69 Å². The van der Waals surface area contributed by atoms with E-state index >= 15 is 0 Å². The SMILES string of the molecule is Cn1ccnc1SCCNC(=O)C(C)(C)N1CCCC1. The molecule has 1 aliphatic heterocycles. The number of aromatic nitrogens is 2. The first kappa shape index (κ1) is 15.4. The number of carbonyl (C=O) groups excluding carboxylic acids is 1. The molecule has 0 unspecified atom stereocenters. The van der Waals surface area contributed by atoms with Crippen LogP contribution in [0.25, 0.3) is 0 Å². The topological polar surface area (TPSA) is 50.2 Å². The molecule has 0 saturated carbocycles. The van der Waals surface area contributed by atoms with Crippen LogP contribution in [0.3, 0.4) is 0 Å². The van der Waals surface area contributed by atoms with E-state index in [4.69, 9.17) is 0 Å². The number of likely N-dealkylation sites (tertiary alicyclic amines) is 1. The molecular weight excluding hydrogens is 272 g/mol. The Kier molecular flexibility index (Phi) is 5.10. The first-order valence-electron chi connectivity index (χ1n) is 7.15. The summed E-state index contributed by atoms with van der Waals surface area (Å²) in [5.41, 5.74) is -0.398. The van der Waals surface area contributed by atoms with Crippen molar-refractivity contribution in [2.45, 2.75) is 37.4 Å². The Bertz CT molecular complexity index is 452. The summed E-state index contributed by atoms with van der Waals surface area (Å²) in [6.07, 6.45) is 6.12. The predicted octanol–water partition coefficient (Wildman–Crippen LogP) is 1.50. The number of imidazole rings is 1. The molecule has 0 spiro atoms. The zero-order chi connectivity index (χ0) is 14.6. The van der Waals surface area contributed by atoms with Gasteiger partial charge in [-0.25, -0.2) is 4.98 Å². The molecule has 1 aliphatic rings. The number of amides is 1. The molecule has 5 nitrogen and oxygen atoms in total. The van der Waals surface area contributed by atoms with E-state index in [1.54, 1.807) is 18.0 Å². The number of thioether (sulfide) groups is 1. The molecule has 112 valence electrons. The van der Waals surface area contributed by atoms with Crippen LogP contribution in [-0.4, -0.2) is 51.3 Å². The maximum atomic E-state index is 12.3. The molecule has 1 saturated heterocycles. The summed E-state index contributed by atoms with van der Waals surface area (Å²) in [5.74, 6) is 0.965. The molecule has 2 rings (SSSR count). The van der Waals surface area contributed by atoms with Gasteiger partial charge in [0, 0.05) is 31.7 Å². The zero-order valence-electron chi connectivity index (χ0n) is 12.6. The van der Waals surface area contributed by atoms with E-state index in [0.717, 1.165) is 24.0 Å². The minimum absolute atomic E-state index is 0.125. The largest absolute Gasteiger partial charge is 0.354 e. The van der Waals surface area contributed by atoms with Crippen LogP contribution >= 0.6 is 11.8 Å². The molecule has 0 aromatic carbocycles. The van der Waals surface area contributed by atoms with Gasteiger partial charge in [0.25, 0.3) is 0 Å². The highest BCUT2D eigenvalue weighted by atomic mass is 32.2. The number of nitrogens with zero attached hydrogens (tertiary/aromatic N) is 3. The Balaban J connectivity index is 1.73. The standard InChI is InChI=1S/C14H24N4OS/c1-14(2,18-8-4-5-9-18)12(19)15-7-11-20-13-16-6-10-17(13)3/h6,10H,4-5,7-9,11H2,1-3H3,(H,15,19). The van der Waals surface area contributed by atoms with Crippen LogP contribution < -0.4 is 5.32 Å². The normalized spacial score (nSPS) is 16.6. The molecule has 0 bridgehead atoms. The van der Waals surface area contributed by atoms with Crippen LogP contribution in [0, 0.1) is 0 Å². The maximum Gasteiger partial charge on any atom is 0.239 e. The number of rotatable bonds is 6. The second-order valence-electron chi connectivity index (χ2n) is 5.68. The van der Waals surface area contributed by atoms with E-state index in [0.29, 0.717) is 6.54 Å². The van der Waals surface area contributed by atoms with Crippen molar-refractivity contribution in [2.75, 3.05) is 25.4 Å². The third-order valence-electron chi connectivity index (χ3n) is 3.85. The van der Waals surface area contributed by atoms with Gasteiger partial charge in [-0.1, -0.05) is 11.8 Å². The summed E-state index contributed by atoms with van der Waals surface area (Å²) in [6.45, 7) is 6.76. The zero-order valence-corrected chi connectivity index (χ0v) is 13.4. The van der Waals surface area contributed by atoms with Gasteiger partial charge >= 0.3 is 0 Å². The molecule has 0 atom stereocenters. The molecule has 0 aliphatic carbocycles. The summed E-state index contributed by atoms with van der Waals surface area (Å²) in [4.78, 5) is 18.8. The summed E-state index contributed by atoms with van der Waals surface area (Å²) < 4.78 is 1.99. The first-order valence-corrected chi connectivity index (χ1v) is 8.14. The summed E-state index contributed by atoms with van der Waals surface area (Å²) in [5, 5.41) is 4.03. The van der Waals surface area contributed by atoms with Crippen molar-refractivity contribution in [2.24, 2.45) is 7.05 Å². The third-order valence-corrected chi connectivity index (χ3v) is 4.91. The lowest BCUT2D eigenvalue weighted by molar-refractivity contribution is -0.130. The lowest BCUT2D eigenvalue weighted by Crippen LogP contribution is -2.54. The molecule has 20 heavy (non-hydrogen) atoms. The minimum atomic E-state index is -0.398. The average Bonchev–Trinajstić information content (AvgIpc) is 3.06. The molecule has 6 heteroatoms. The lowest BCUT2D eigenvalue weighted by Gasteiger charge is -2.33. The highest BCUT2D eigenvalue weighted by Gasteiger charge is 2.35. The molecule has 1 N–H and O–H groups in total. The number of hydrogen-bond acceptors (Lipinski definition) is 4. The Morgan fingerprint density at radius 1 is 1.45 bits per heavy atom. The number of aryl methyl sites for hydroxylation is 1. The van der Waals surface area contributed by atoms with Gasteiger partial charge in [0.1, 0.15) is 0 Å². The second-order valence-corrected chi connectivity index (χ2v) is 6.74. The number of hydrogen-bond donors (Lipinski definition) is 1. The minimum Gasteiger partial charge on any atom is -0.354 e. The van der Waals surface area contributed by atoms with Gasteiger partial charge in [0.15, 0.2) is 5.16 Å². The molecule has 1 aromatic rings. The molecule has 2 heterocycles. The van der Waals surface area contributed by atoms with Crippen molar-refractivity contribution >= 4 is 17.7 Å². The molecule has 0 radical (unpaired) electrons. The van der Waals surface area contributed by atoms with Crippen molar-refractivity contribution in [1.82, 2.24) is 19.8 Å². The molecule has 1 aromatic heterocycles. The van der Waals surface area contributed by atoms with Crippen LogP contribution in [0.4, 0.5) is 0 Å². The fraction of sp³-hybridized carbons (Fsp3) is 0.714. The first-order chi connectivity index (χ1) is 9.51. The highest BCUT2D eigenvalue weighted by Crippen LogP contribution is 2.21. The van der Waals surface area contributed by atoms with Gasteiger partial charge < -0.3 is 9.88 Å². The van der Waals surface area contributed by atoms with Crippen LogP contribution in [-0.2, 0) is 11.8 Å². The lowest BCUT2D eigenvalue weighted by atomic mass is 10.0. The summed E-state index contributed by atoms with van der Waals surface area (Å²) in [7, 11) is 1.98. The van der Waals surface area contributed by atoms with Crippen LogP contribution in [0.15, 0.2) is 17.6 Å². The van der Waals surface area contributed by atoms with Gasteiger partial charge in [-0.2, -0.15) is 0 Å². The van der Waals surface area contributed by atoms with Crippen molar-refractivity contribution in [1.29, 1.82) is 0 Å². The van der Waals surface area contributed by atoms with E-state index in [1.807, 2.05) is 31.7 Å². The Labute approximate surface area is 125 Å². The van der Waals surface area contributed by atoms with Crippen molar-refractivity contribution in [3.63, 3.8) is 0 Å². The van der Waals surface area contributed by atoms with Gasteiger partial charge in [0.05, 0.1) is 5.54 Å². The molecule has 1 fully saturated rings. The van der Waals surface area contributed by atoms with Crippen molar-refractivity contribution < 1.29 is 4.79 Å². The molecule has 1 amide bonds. The van der Waals surface area contributed by atoms with E-state index in [1.165, 1.54) is 12.8 Å². The van der Waals surface area contributed by atoms with Gasteiger partial charge in [-0.15, -0.1) is 0 Å². The second kappa shape index (κ2) is 6.63.